The molecule has 0 aliphatic heterocycles. The van der Waals surface area contributed by atoms with Crippen LogP contribution in [0, 0.1) is 5.92 Å². The van der Waals surface area contributed by atoms with E-state index in [1.54, 1.807) is 0 Å². The fourth-order valence-corrected chi connectivity index (χ4v) is 23.7. The first kappa shape index (κ1) is 83.8. The van der Waals surface area contributed by atoms with E-state index in [9.17, 15) is 0 Å². The second-order valence-corrected chi connectivity index (χ2v) is 37.8. The lowest BCUT2D eigenvalue weighted by atomic mass is 9.88. The molecule has 29 rings (SSSR count). The van der Waals surface area contributed by atoms with Crippen LogP contribution in [0.2, 0.25) is 0 Å². The second-order valence-electron chi connectivity index (χ2n) is 37.8. The summed E-state index contributed by atoms with van der Waals surface area (Å²) in [4.78, 5) is 2.30. The van der Waals surface area contributed by atoms with E-state index in [0.29, 0.717) is 5.92 Å². The molecular formula is C135H96N8. The first-order valence-corrected chi connectivity index (χ1v) is 49.5. The molecule has 7 aromatic heterocycles. The van der Waals surface area contributed by atoms with E-state index in [0.717, 1.165) is 59.2 Å². The van der Waals surface area contributed by atoms with E-state index in [2.05, 4.69) is 536 Å². The maximum Gasteiger partial charge on any atom is 0.0785 e. The molecule has 143 heavy (non-hydrogen) atoms. The van der Waals surface area contributed by atoms with E-state index < -0.39 is 0 Å². The van der Waals surface area contributed by atoms with E-state index in [1.165, 1.54) is 208 Å². The molecule has 0 saturated heterocycles. The summed E-state index contributed by atoms with van der Waals surface area (Å²) in [5.74, 6) is 0.616. The van der Waals surface area contributed by atoms with Gasteiger partial charge in [0.2, 0.25) is 0 Å². The van der Waals surface area contributed by atoms with Gasteiger partial charge in [0, 0.05) is 151 Å². The summed E-state index contributed by atoms with van der Waals surface area (Å²) in [5, 5.41) is 17.8. The number of nitrogens with zero attached hydrogens (tertiary/aromatic N) is 8. The molecule has 1 unspecified atom stereocenters. The van der Waals surface area contributed by atoms with Crippen molar-refractivity contribution in [2.24, 2.45) is 5.92 Å². The Balaban J connectivity index is 0.000000108. The molecule has 0 spiro atoms. The second kappa shape index (κ2) is 34.6. The van der Waals surface area contributed by atoms with Crippen LogP contribution in [-0.4, -0.2) is 32.0 Å². The molecule has 0 N–H and O–H groups in total. The molecule has 676 valence electrons. The van der Waals surface area contributed by atoms with Crippen LogP contribution in [-0.2, 0) is 13.1 Å². The van der Waals surface area contributed by atoms with Crippen LogP contribution in [0.5, 0.6) is 0 Å². The van der Waals surface area contributed by atoms with Gasteiger partial charge in [-0.1, -0.05) is 353 Å². The van der Waals surface area contributed by atoms with Gasteiger partial charge in [-0.2, -0.15) is 0 Å². The van der Waals surface area contributed by atoms with Gasteiger partial charge in [-0.05, 0) is 226 Å². The summed E-state index contributed by atoms with van der Waals surface area (Å²) in [6.07, 6.45) is 13.7. The highest BCUT2D eigenvalue weighted by Crippen LogP contribution is 2.52. The predicted octanol–water partition coefficient (Wildman–Crippen LogP) is 35.5. The zero-order valence-electron chi connectivity index (χ0n) is 78.8. The molecule has 0 amide bonds. The SMILES string of the molecule is C=CC1=CCC(Cn2c3ccccc3c3ccc4c5cc(C6c7ccccc7-c7ccccc76)ccc5n(-c5ccccc5)c4c32)C=C1.C=Cc1ccc(Cn2c3ccc(-c4ccc(N(c5ccccc5)c5ccccc5)cc4)cc3c3ccc4c(c5ccccc5n4-c4ccccc4)c32)cc1.C=Cn1c2ccccc2c2ccc3c(c4ccccc4n3-c3ccc(-n4c5ccccc5c5ccccc54)cc3)c21. The summed E-state index contributed by atoms with van der Waals surface area (Å²) in [7, 11) is 0. The van der Waals surface area contributed by atoms with E-state index in [4.69, 9.17) is 0 Å². The van der Waals surface area contributed by atoms with Crippen LogP contribution < -0.4 is 4.90 Å². The van der Waals surface area contributed by atoms with E-state index in [1.807, 2.05) is 18.4 Å². The van der Waals surface area contributed by atoms with Crippen molar-refractivity contribution in [1.82, 2.24) is 32.0 Å². The standard InChI is InChI=1S/C51H37N3.C46H34N2.C38H25N3/c1-2-36-22-24-37(25-23-36)35-52-47-32-28-39(38-26-29-43(30-27-38)53(40-14-6-3-7-15-40)41-16-8-4-9-17-41)34-46(47)44-31-33-49-50(51(44)52)45-20-12-13-21-48(45)54(49)42-18-10-5-11-19-42;1-2-30-20-22-31(23-21-30)29-47-42-19-11-10-16-36(42)39-25-26-40-41-28-32(44-37-17-8-6-14-34(37)35-15-7-9-18-38(35)44)24-27-43(41)48(46(40)45(39)47)33-12-4-3-5-13-33;1-2-39-32-15-7-3-13-29(32)30-23-24-36-37(38(30)39)31-14-6-10-18-35(31)41(36)26-21-19-25(20-22-26)40-33-16-8-4-11-27(33)28-12-5-9-17-34(28)40/h2-34H,1,35H2;2-22,24-28,31,44H,1,23,29H2;2-24H,1H2. The fourth-order valence-electron chi connectivity index (χ4n) is 23.7. The minimum atomic E-state index is 0.207. The molecule has 0 fully saturated rings. The molecule has 2 aliphatic carbocycles. The maximum atomic E-state index is 4.19. The third-order valence-electron chi connectivity index (χ3n) is 30.1. The first-order valence-electron chi connectivity index (χ1n) is 49.5. The Hall–Kier alpha value is -18.5. The summed E-state index contributed by atoms with van der Waals surface area (Å²) < 4.78 is 17.0. The largest absolute Gasteiger partial charge is 0.338 e. The number of para-hydroxylation sites is 10. The Bertz CT molecular complexity index is 9720. The predicted molar refractivity (Wildman–Crippen MR) is 606 cm³/mol. The zero-order valence-corrected chi connectivity index (χ0v) is 78.8. The van der Waals surface area contributed by atoms with Crippen molar-refractivity contribution in [3.05, 3.63) is 538 Å². The Morgan fingerprint density at radius 1 is 0.280 bits per heavy atom. The van der Waals surface area contributed by atoms with Crippen LogP contribution in [0.25, 0.3) is 210 Å². The molecule has 2 aliphatic rings. The monoisotopic (exact) mass is 1830 g/mol. The molecule has 0 bridgehead atoms. The molecule has 20 aromatic carbocycles. The molecule has 27 aromatic rings. The van der Waals surface area contributed by atoms with Crippen LogP contribution in [0.4, 0.5) is 17.1 Å². The van der Waals surface area contributed by atoms with Crippen LogP contribution >= 0.6 is 0 Å². The van der Waals surface area contributed by atoms with Gasteiger partial charge >= 0.3 is 0 Å². The van der Waals surface area contributed by atoms with Gasteiger partial charge in [0.1, 0.15) is 0 Å². The minimum Gasteiger partial charge on any atom is -0.338 e. The first-order chi connectivity index (χ1) is 70.9. The van der Waals surface area contributed by atoms with Crippen molar-refractivity contribution >= 4 is 182 Å². The van der Waals surface area contributed by atoms with Crippen molar-refractivity contribution in [3.8, 4) is 45.0 Å². The van der Waals surface area contributed by atoms with Crippen molar-refractivity contribution in [1.29, 1.82) is 0 Å². The van der Waals surface area contributed by atoms with Gasteiger partial charge in [0.25, 0.3) is 0 Å². The highest BCUT2D eigenvalue weighted by atomic mass is 15.1. The van der Waals surface area contributed by atoms with Crippen molar-refractivity contribution in [2.75, 3.05) is 4.90 Å². The summed E-state index contributed by atoms with van der Waals surface area (Å²) in [6.45, 7) is 13.8. The van der Waals surface area contributed by atoms with Crippen LogP contribution in [0.15, 0.2) is 511 Å². The minimum absolute atomic E-state index is 0.207. The van der Waals surface area contributed by atoms with Crippen LogP contribution in [0.3, 0.4) is 0 Å². The Kier molecular flexibility index (Phi) is 20.3. The lowest BCUT2D eigenvalue weighted by molar-refractivity contribution is 0.553. The fraction of sp³-hybridized carbons (Fsp3) is 0.0370. The number of hydrogen-bond acceptors (Lipinski definition) is 1. The van der Waals surface area contributed by atoms with Crippen molar-refractivity contribution in [2.45, 2.75) is 25.4 Å². The van der Waals surface area contributed by atoms with Gasteiger partial charge < -0.3 is 36.9 Å². The smallest absolute Gasteiger partial charge is 0.0785 e. The highest BCUT2D eigenvalue weighted by molar-refractivity contribution is 6.29. The van der Waals surface area contributed by atoms with Gasteiger partial charge in [-0.15, -0.1) is 0 Å². The van der Waals surface area contributed by atoms with E-state index in [-0.39, 0.29) is 5.92 Å². The molecule has 8 nitrogen and oxygen atoms in total. The normalized spacial score (nSPS) is 13.1. The number of anilines is 3. The number of hydrogen-bond donors (Lipinski definition) is 0. The van der Waals surface area contributed by atoms with E-state index >= 15 is 0 Å². The van der Waals surface area contributed by atoms with Gasteiger partial charge in [0.15, 0.2) is 0 Å². The maximum absolute atomic E-state index is 4.19. The molecule has 0 saturated carbocycles. The third-order valence-corrected chi connectivity index (χ3v) is 30.1. The quantitative estimate of drug-likeness (QED) is 0.0950. The highest BCUT2D eigenvalue weighted by Gasteiger charge is 2.32. The average Bonchev–Trinajstić information content (AvgIpc) is 1.57. The zero-order chi connectivity index (χ0) is 94.9. The lowest BCUT2D eigenvalue weighted by Gasteiger charge is -2.25. The molecule has 0 radical (unpaired) electrons. The summed E-state index contributed by atoms with van der Waals surface area (Å²) >= 11 is 0. The van der Waals surface area contributed by atoms with Gasteiger partial charge in [0.05, 0.1) is 66.2 Å². The number of fused-ring (bicyclic) bond motifs is 27. The number of rotatable bonds is 16. The Morgan fingerprint density at radius 2 is 0.685 bits per heavy atom. The van der Waals surface area contributed by atoms with Gasteiger partial charge in [-0.25, -0.2) is 0 Å². The number of aromatic nitrogens is 7. The molecule has 7 heterocycles. The number of benzene rings is 20. The Labute approximate surface area is 827 Å². The Morgan fingerprint density at radius 3 is 1.24 bits per heavy atom. The number of allylic oxidation sites excluding steroid dienone is 5. The molecule has 1 atom stereocenters. The summed E-state index contributed by atoms with van der Waals surface area (Å²) in [5.41, 5.74) is 38.0. The van der Waals surface area contributed by atoms with Gasteiger partial charge in [-0.3, -0.25) is 0 Å². The third kappa shape index (κ3) is 13.7. The van der Waals surface area contributed by atoms with Crippen molar-refractivity contribution < 1.29 is 0 Å². The average molecular weight is 1830 g/mol. The van der Waals surface area contributed by atoms with Crippen molar-refractivity contribution in [3.63, 3.8) is 0 Å². The molecule has 8 heteroatoms. The summed E-state index contributed by atoms with van der Waals surface area (Å²) in [6, 6.07) is 168. The lowest BCUT2D eigenvalue weighted by Crippen LogP contribution is -2.10. The molecular weight excluding hydrogens is 1730 g/mol. The topological polar surface area (TPSA) is 37.8 Å². The van der Waals surface area contributed by atoms with Crippen LogP contribution in [0.1, 0.15) is 40.2 Å².